The SMILES string of the molecule is C[C@@H]1[C@@H]2CN(C(=O)[C@H](C(C)(C)C)NC(=O)O[C@]3(C)CCC[C@H]3CCCCCc3nc4ccc(OC(F)(F)F)cc4nc3O2)[C@@H]1C=O. The van der Waals surface area contributed by atoms with Crippen LogP contribution in [0.15, 0.2) is 18.2 Å². The first-order valence-corrected chi connectivity index (χ1v) is 16.1. The minimum absolute atomic E-state index is 0.0306. The maximum absolute atomic E-state index is 14.1. The van der Waals surface area contributed by atoms with E-state index in [4.69, 9.17) is 14.5 Å². The molecule has 3 aliphatic rings. The van der Waals surface area contributed by atoms with Gasteiger partial charge in [0.1, 0.15) is 35.5 Å². The molecule has 5 rings (SSSR count). The summed E-state index contributed by atoms with van der Waals surface area (Å²) in [5.74, 6) is -1.01. The molecule has 1 saturated carbocycles. The predicted molar refractivity (Wildman–Crippen MR) is 162 cm³/mol. The zero-order valence-corrected chi connectivity index (χ0v) is 27.0. The number of rotatable bonds is 2. The fourth-order valence-electron chi connectivity index (χ4n) is 7.04. The summed E-state index contributed by atoms with van der Waals surface area (Å²) in [4.78, 5) is 50.5. The molecule has 2 aromatic rings. The second-order valence-corrected chi connectivity index (χ2v) is 14.1. The largest absolute Gasteiger partial charge is 0.573 e. The van der Waals surface area contributed by atoms with Crippen molar-refractivity contribution in [1.82, 2.24) is 20.2 Å². The van der Waals surface area contributed by atoms with E-state index in [1.807, 2.05) is 27.7 Å². The number of carbonyl (C=O) groups is 3. The number of carbonyl (C=O) groups excluding carboxylic acids is 3. The first-order valence-electron chi connectivity index (χ1n) is 16.1. The van der Waals surface area contributed by atoms with Crippen LogP contribution in [0.5, 0.6) is 11.6 Å². The van der Waals surface area contributed by atoms with Gasteiger partial charge in [0.05, 0.1) is 23.6 Å². The number of alkyl halides is 3. The van der Waals surface area contributed by atoms with E-state index in [1.54, 1.807) is 6.92 Å². The van der Waals surface area contributed by atoms with E-state index in [9.17, 15) is 27.6 Å². The number of hydrogen-bond donors (Lipinski definition) is 1. The van der Waals surface area contributed by atoms with Crippen LogP contribution in [0.4, 0.5) is 18.0 Å². The topological polar surface area (TPSA) is 120 Å². The Labute approximate surface area is 266 Å². The maximum Gasteiger partial charge on any atom is 0.573 e. The Balaban J connectivity index is 1.52. The lowest BCUT2D eigenvalue weighted by Crippen LogP contribution is -2.57. The average molecular weight is 649 g/mol. The van der Waals surface area contributed by atoms with Crippen molar-refractivity contribution in [1.29, 1.82) is 0 Å². The lowest BCUT2D eigenvalue weighted by Gasteiger charge is -2.37. The molecule has 10 nitrogen and oxygen atoms in total. The van der Waals surface area contributed by atoms with E-state index >= 15 is 0 Å². The monoisotopic (exact) mass is 648 g/mol. The molecule has 1 saturated heterocycles. The number of fused-ring (bicyclic) bond motifs is 5. The van der Waals surface area contributed by atoms with E-state index in [0.29, 0.717) is 23.9 Å². The van der Waals surface area contributed by atoms with Crippen LogP contribution >= 0.6 is 0 Å². The van der Waals surface area contributed by atoms with E-state index in [1.165, 1.54) is 17.0 Å². The summed E-state index contributed by atoms with van der Waals surface area (Å²) in [6.07, 6.45) is 1.02. The molecule has 0 unspecified atom stereocenters. The highest BCUT2D eigenvalue weighted by Crippen LogP contribution is 2.42. The number of halogens is 3. The van der Waals surface area contributed by atoms with Gasteiger partial charge in [-0.05, 0) is 68.9 Å². The number of amides is 2. The highest BCUT2D eigenvalue weighted by Gasteiger charge is 2.48. The number of aryl methyl sites for hydroxylation is 1. The van der Waals surface area contributed by atoms with Gasteiger partial charge in [0, 0.05) is 12.0 Å². The smallest absolute Gasteiger partial charge is 0.471 e. The van der Waals surface area contributed by atoms with Crippen molar-refractivity contribution in [3.8, 4) is 11.6 Å². The van der Waals surface area contributed by atoms with Crippen LogP contribution in [0.1, 0.15) is 85.3 Å². The predicted octanol–water partition coefficient (Wildman–Crippen LogP) is 6.14. The molecule has 0 radical (unpaired) electrons. The number of alkyl carbamates (subject to hydrolysis) is 1. The fourth-order valence-corrected chi connectivity index (χ4v) is 7.04. The van der Waals surface area contributed by atoms with Crippen LogP contribution in [-0.4, -0.2) is 69.9 Å². The Kier molecular flexibility index (Phi) is 9.43. The molecule has 1 aliphatic carbocycles. The molecule has 46 heavy (non-hydrogen) atoms. The number of aromatic nitrogens is 2. The van der Waals surface area contributed by atoms with Crippen LogP contribution in [-0.2, 0) is 20.7 Å². The third kappa shape index (κ3) is 7.33. The summed E-state index contributed by atoms with van der Waals surface area (Å²) in [6, 6.07) is 1.95. The molecular weight excluding hydrogens is 605 g/mol. The summed E-state index contributed by atoms with van der Waals surface area (Å²) >= 11 is 0. The van der Waals surface area contributed by atoms with Gasteiger partial charge in [0.15, 0.2) is 0 Å². The Morgan fingerprint density at radius 2 is 1.80 bits per heavy atom. The third-order valence-electron chi connectivity index (χ3n) is 9.71. The van der Waals surface area contributed by atoms with E-state index in [2.05, 4.69) is 15.0 Å². The minimum Gasteiger partial charge on any atom is -0.471 e. The van der Waals surface area contributed by atoms with Gasteiger partial charge >= 0.3 is 12.5 Å². The molecule has 2 bridgehead atoms. The van der Waals surface area contributed by atoms with Crippen molar-refractivity contribution in [2.24, 2.45) is 17.3 Å². The average Bonchev–Trinajstić information content (AvgIpc) is 3.47. The molecule has 0 spiro atoms. The van der Waals surface area contributed by atoms with Crippen molar-refractivity contribution in [3.63, 3.8) is 0 Å². The van der Waals surface area contributed by atoms with Gasteiger partial charge in [-0.15, -0.1) is 13.2 Å². The number of benzene rings is 1. The summed E-state index contributed by atoms with van der Waals surface area (Å²) in [5, 5.41) is 2.82. The van der Waals surface area contributed by atoms with Crippen molar-refractivity contribution in [2.75, 3.05) is 6.54 Å². The number of ether oxygens (including phenoxy) is 3. The normalized spacial score (nSPS) is 29.9. The van der Waals surface area contributed by atoms with Crippen molar-refractivity contribution >= 4 is 29.3 Å². The van der Waals surface area contributed by atoms with Crippen molar-refractivity contribution in [3.05, 3.63) is 23.9 Å². The molecule has 2 fully saturated rings. The molecule has 2 aliphatic heterocycles. The summed E-state index contributed by atoms with van der Waals surface area (Å²) in [7, 11) is 0. The maximum atomic E-state index is 14.1. The number of hydrogen-bond acceptors (Lipinski definition) is 8. The number of aldehydes is 1. The van der Waals surface area contributed by atoms with Crippen LogP contribution in [0.25, 0.3) is 11.0 Å². The van der Waals surface area contributed by atoms with E-state index < -0.39 is 59.2 Å². The third-order valence-corrected chi connectivity index (χ3v) is 9.71. The standard InChI is InChI=1S/C33H43F3N4O6/c1-19-25(18-41)40-17-26(19)44-28-23(37-22-14-13-21(16-24(22)38-28)45-33(34,35)36)12-8-6-7-10-20-11-9-15-32(20,5)46-30(43)39-27(29(40)42)31(2,3)4/h13-14,16,18-20,25-27H,6-12,15,17H2,1-5H3,(H,39,43)/t19-,20+,25+,26-,27+,32+/m0/s1. The number of nitrogens with one attached hydrogen (secondary N) is 1. The van der Waals surface area contributed by atoms with E-state index in [0.717, 1.165) is 51.0 Å². The molecule has 252 valence electrons. The molecule has 3 heterocycles. The molecule has 1 aromatic heterocycles. The Bertz CT molecular complexity index is 1460. The highest BCUT2D eigenvalue weighted by molar-refractivity contribution is 5.89. The zero-order valence-electron chi connectivity index (χ0n) is 27.0. The van der Waals surface area contributed by atoms with Gasteiger partial charge in [0.25, 0.3) is 0 Å². The molecule has 2 amide bonds. The van der Waals surface area contributed by atoms with Crippen LogP contribution in [0.2, 0.25) is 0 Å². The Morgan fingerprint density at radius 3 is 2.50 bits per heavy atom. The fraction of sp³-hybridized carbons (Fsp3) is 0.667. The van der Waals surface area contributed by atoms with E-state index in [-0.39, 0.29) is 23.9 Å². The molecular formula is C33H43F3N4O6. The molecule has 1 N–H and O–H groups in total. The Morgan fingerprint density at radius 1 is 1.07 bits per heavy atom. The van der Waals surface area contributed by atoms with Crippen LogP contribution < -0.4 is 14.8 Å². The second kappa shape index (κ2) is 12.9. The molecule has 6 atom stereocenters. The minimum atomic E-state index is -4.87. The first kappa shape index (κ1) is 33.7. The van der Waals surface area contributed by atoms with Gasteiger partial charge in [0.2, 0.25) is 11.8 Å². The van der Waals surface area contributed by atoms with Gasteiger partial charge in [-0.1, -0.05) is 40.5 Å². The second-order valence-electron chi connectivity index (χ2n) is 14.1. The molecule has 13 heteroatoms. The summed E-state index contributed by atoms with van der Waals surface area (Å²) in [6.45, 7) is 9.28. The lowest BCUT2D eigenvalue weighted by atomic mass is 9.85. The van der Waals surface area contributed by atoms with Gasteiger partial charge in [-0.2, -0.15) is 0 Å². The summed E-state index contributed by atoms with van der Waals surface area (Å²) in [5.41, 5.74) is -0.270. The number of nitrogens with zero attached hydrogens (tertiary/aromatic N) is 3. The zero-order chi connectivity index (χ0) is 33.4. The van der Waals surface area contributed by atoms with Crippen molar-refractivity contribution in [2.45, 2.75) is 116 Å². The van der Waals surface area contributed by atoms with Crippen LogP contribution in [0.3, 0.4) is 0 Å². The Hall–Kier alpha value is -3.64. The van der Waals surface area contributed by atoms with Crippen LogP contribution in [0, 0.1) is 17.3 Å². The van der Waals surface area contributed by atoms with Gasteiger partial charge in [-0.25, -0.2) is 14.8 Å². The first-order chi connectivity index (χ1) is 21.6. The molecule has 1 aromatic carbocycles. The quantitative estimate of drug-likeness (QED) is 0.386. The lowest BCUT2D eigenvalue weighted by molar-refractivity contribution is -0.274. The summed E-state index contributed by atoms with van der Waals surface area (Å²) < 4.78 is 55.3. The van der Waals surface area contributed by atoms with Gasteiger partial charge in [-0.3, -0.25) is 4.79 Å². The van der Waals surface area contributed by atoms with Gasteiger partial charge < -0.3 is 29.2 Å². The van der Waals surface area contributed by atoms with Crippen molar-refractivity contribution < 1.29 is 41.8 Å². The highest BCUT2D eigenvalue weighted by atomic mass is 19.4.